The number of hydrogen-bond acceptors (Lipinski definition) is 12. The van der Waals surface area contributed by atoms with Crippen LogP contribution in [-0.2, 0) is 28.5 Å². The van der Waals surface area contributed by atoms with Crippen molar-refractivity contribution in [1.82, 2.24) is 0 Å². The van der Waals surface area contributed by atoms with E-state index in [9.17, 15) is 24.0 Å². The Morgan fingerprint density at radius 2 is 1.31 bits per heavy atom. The first kappa shape index (κ1) is 27.5. The van der Waals surface area contributed by atoms with Crippen LogP contribution in [-0.4, -0.2) is 52.6 Å². The fourth-order valence-corrected chi connectivity index (χ4v) is 6.49. The Hall–Kier alpha value is -4.71. The van der Waals surface area contributed by atoms with Crippen LogP contribution in [0.5, 0.6) is 0 Å². The lowest BCUT2D eigenvalue weighted by Gasteiger charge is -2.59. The number of esters is 3. The molecule has 2 bridgehead atoms. The molecule has 1 spiro atoms. The molecule has 4 atom stereocenters. The Morgan fingerprint density at radius 3 is 1.79 bits per heavy atom. The van der Waals surface area contributed by atoms with Crippen LogP contribution in [0.1, 0.15) is 65.2 Å². The molecule has 0 amide bonds. The number of rotatable bonds is 6. The van der Waals surface area contributed by atoms with E-state index in [2.05, 4.69) is 0 Å². The molecule has 12 nitrogen and oxygen atoms in total. The summed E-state index contributed by atoms with van der Waals surface area (Å²) in [6.45, 7) is 6.41. The van der Waals surface area contributed by atoms with E-state index in [1.807, 2.05) is 0 Å². The highest BCUT2D eigenvalue weighted by molar-refractivity contribution is 6.06. The molecule has 1 aliphatic heterocycles. The second-order valence-electron chi connectivity index (χ2n) is 11.3. The summed E-state index contributed by atoms with van der Waals surface area (Å²) in [5, 5.41) is 0. The Bertz CT molecular complexity index is 1560. The third kappa shape index (κ3) is 3.60. The summed E-state index contributed by atoms with van der Waals surface area (Å²) in [4.78, 5) is 68.8. The molecule has 3 aromatic rings. The van der Waals surface area contributed by atoms with Gasteiger partial charge in [0.1, 0.15) is 29.8 Å². The van der Waals surface area contributed by atoms with Crippen molar-refractivity contribution in [3.8, 4) is 0 Å². The van der Waals surface area contributed by atoms with E-state index >= 15 is 0 Å². The molecule has 0 aromatic carbocycles. The molecule has 1 saturated carbocycles. The number of ketones is 2. The SMILES string of the molecule is CC1=CC(=O)C(OC(=O)c2ccoc2)(OC(=O)c2ccoc2)[C@@]2(C)[C@H](OC(=O)c3ccoc3)C(=O)[C@@H]3C[C@]12OC3(C)C. The lowest BCUT2D eigenvalue weighted by Crippen LogP contribution is -2.76. The van der Waals surface area contributed by atoms with Gasteiger partial charge in [0.2, 0.25) is 5.78 Å². The largest absolute Gasteiger partial charge is 0.472 e. The smallest absolute Gasteiger partial charge is 0.345 e. The number of furan rings is 3. The average molecular weight is 579 g/mol. The van der Waals surface area contributed by atoms with Crippen LogP contribution in [0.4, 0.5) is 0 Å². The van der Waals surface area contributed by atoms with Crippen molar-refractivity contribution < 1.29 is 56.2 Å². The molecule has 0 N–H and O–H groups in total. The Labute approximate surface area is 238 Å². The van der Waals surface area contributed by atoms with Gasteiger partial charge in [0.05, 0.1) is 47.0 Å². The molecule has 2 fully saturated rings. The van der Waals surface area contributed by atoms with Crippen LogP contribution in [0.2, 0.25) is 0 Å². The van der Waals surface area contributed by atoms with E-state index < -0.39 is 63.9 Å². The summed E-state index contributed by atoms with van der Waals surface area (Å²) in [7, 11) is 0. The number of Topliss-reactive ketones (excluding diaryl/α,β-unsaturated/α-hetero) is 1. The Kier molecular flexibility index (Phi) is 5.98. The summed E-state index contributed by atoms with van der Waals surface area (Å²) in [6.07, 6.45) is 6.36. The van der Waals surface area contributed by atoms with Crippen molar-refractivity contribution in [3.63, 3.8) is 0 Å². The minimum absolute atomic E-state index is 0.00988. The molecule has 3 aliphatic rings. The summed E-state index contributed by atoms with van der Waals surface area (Å²) in [5.41, 5.74) is -4.66. The van der Waals surface area contributed by atoms with E-state index in [1.54, 1.807) is 20.8 Å². The van der Waals surface area contributed by atoms with Gasteiger partial charge in [0.15, 0.2) is 11.9 Å². The van der Waals surface area contributed by atoms with Crippen LogP contribution >= 0.6 is 0 Å². The topological polar surface area (TPSA) is 162 Å². The third-order valence-electron chi connectivity index (χ3n) is 8.69. The number of carbonyl (C=O) groups is 5. The van der Waals surface area contributed by atoms with Gasteiger partial charge in [0, 0.05) is 0 Å². The van der Waals surface area contributed by atoms with E-state index in [-0.39, 0.29) is 23.1 Å². The van der Waals surface area contributed by atoms with Crippen molar-refractivity contribution in [1.29, 1.82) is 0 Å². The van der Waals surface area contributed by atoms with Crippen molar-refractivity contribution in [2.45, 2.75) is 57.2 Å². The van der Waals surface area contributed by atoms with Crippen molar-refractivity contribution in [2.75, 3.05) is 0 Å². The summed E-state index contributed by atoms with van der Waals surface area (Å²) in [6, 6.07) is 3.91. The first-order chi connectivity index (χ1) is 19.9. The molecule has 3 aromatic heterocycles. The Balaban J connectivity index is 1.60. The van der Waals surface area contributed by atoms with Gasteiger partial charge in [-0.1, -0.05) is 0 Å². The first-order valence-corrected chi connectivity index (χ1v) is 13.1. The van der Waals surface area contributed by atoms with Crippen LogP contribution in [0, 0.1) is 11.3 Å². The minimum atomic E-state index is -2.86. The van der Waals surface area contributed by atoms with E-state index in [4.69, 9.17) is 32.2 Å². The normalized spacial score (nSPS) is 28.9. The molecule has 2 aliphatic carbocycles. The molecular formula is C30H26O12. The monoisotopic (exact) mass is 578 g/mol. The number of hydrogen-bond donors (Lipinski definition) is 0. The maximum atomic E-state index is 14.3. The Morgan fingerprint density at radius 1 is 0.810 bits per heavy atom. The molecule has 4 heterocycles. The zero-order valence-corrected chi connectivity index (χ0v) is 23.0. The zero-order valence-electron chi connectivity index (χ0n) is 23.0. The quantitative estimate of drug-likeness (QED) is 0.305. The van der Waals surface area contributed by atoms with Gasteiger partial charge < -0.3 is 32.2 Å². The number of carbonyl (C=O) groups excluding carboxylic acids is 5. The second-order valence-corrected chi connectivity index (χ2v) is 11.3. The summed E-state index contributed by atoms with van der Waals surface area (Å²) >= 11 is 0. The van der Waals surface area contributed by atoms with Gasteiger partial charge in [-0.3, -0.25) is 9.59 Å². The molecule has 42 heavy (non-hydrogen) atoms. The van der Waals surface area contributed by atoms with Crippen LogP contribution in [0.25, 0.3) is 0 Å². The molecule has 12 heteroatoms. The third-order valence-corrected chi connectivity index (χ3v) is 8.69. The lowest BCUT2D eigenvalue weighted by atomic mass is 9.51. The van der Waals surface area contributed by atoms with Crippen LogP contribution in [0.3, 0.4) is 0 Å². The highest BCUT2D eigenvalue weighted by atomic mass is 16.7. The number of fused-ring (bicyclic) bond motifs is 1. The lowest BCUT2D eigenvalue weighted by molar-refractivity contribution is -0.294. The summed E-state index contributed by atoms with van der Waals surface area (Å²) < 4.78 is 39.3. The van der Waals surface area contributed by atoms with Gasteiger partial charge in [-0.2, -0.15) is 0 Å². The van der Waals surface area contributed by atoms with E-state index in [0.717, 1.165) is 24.9 Å². The number of ether oxygens (including phenoxy) is 4. The van der Waals surface area contributed by atoms with Crippen LogP contribution in [0.15, 0.2) is 80.7 Å². The zero-order chi connectivity index (χ0) is 30.1. The highest BCUT2D eigenvalue weighted by Gasteiger charge is 2.83. The second kappa shape index (κ2) is 9.15. The highest BCUT2D eigenvalue weighted by Crippen LogP contribution is 2.67. The summed E-state index contributed by atoms with van der Waals surface area (Å²) in [5.74, 6) is -8.40. The van der Waals surface area contributed by atoms with Gasteiger partial charge in [-0.25, -0.2) is 14.4 Å². The maximum absolute atomic E-state index is 14.3. The molecule has 1 saturated heterocycles. The predicted octanol–water partition coefficient (Wildman–Crippen LogP) is 4.07. The van der Waals surface area contributed by atoms with Crippen LogP contribution < -0.4 is 0 Å². The van der Waals surface area contributed by atoms with E-state index in [0.29, 0.717) is 5.57 Å². The molecule has 0 radical (unpaired) electrons. The average Bonchev–Trinajstić information content (AvgIpc) is 3.75. The molecule has 0 unspecified atom stereocenters. The predicted molar refractivity (Wildman–Crippen MR) is 137 cm³/mol. The van der Waals surface area contributed by atoms with Crippen molar-refractivity contribution in [2.24, 2.45) is 11.3 Å². The standard InChI is InChI=1S/C30H26O12/c1-16-11-21(31)30(40-25(34)18-6-9-37-14-18,41-26(35)19-7-10-38-15-19)28(4)23(39-24(33)17-5-8-36-13-17)22(32)20-12-29(16,28)42-27(20,2)3/h5-11,13-15,20,23H,12H2,1-4H3/t20-,23+,28-,29-/m0/s1. The van der Waals surface area contributed by atoms with Gasteiger partial charge in [-0.15, -0.1) is 0 Å². The van der Waals surface area contributed by atoms with E-state index in [1.165, 1.54) is 43.9 Å². The fourth-order valence-electron chi connectivity index (χ4n) is 6.49. The molecular weight excluding hydrogens is 552 g/mol. The van der Waals surface area contributed by atoms with Gasteiger partial charge in [-0.05, 0) is 64.0 Å². The van der Waals surface area contributed by atoms with Crippen molar-refractivity contribution >= 4 is 29.5 Å². The maximum Gasteiger partial charge on any atom is 0.345 e. The first-order valence-electron chi connectivity index (χ1n) is 13.1. The molecule has 6 rings (SSSR count). The fraction of sp³-hybridized carbons (Fsp3) is 0.367. The molecule has 218 valence electrons. The van der Waals surface area contributed by atoms with Gasteiger partial charge in [0.25, 0.3) is 0 Å². The van der Waals surface area contributed by atoms with Gasteiger partial charge >= 0.3 is 23.7 Å². The minimum Gasteiger partial charge on any atom is -0.472 e. The van der Waals surface area contributed by atoms with Crippen molar-refractivity contribution in [3.05, 3.63) is 84.1 Å².